The molecule has 1 amide bonds. The zero-order chi connectivity index (χ0) is 18.7. The highest BCUT2D eigenvalue weighted by atomic mass is 16.5. The van der Waals surface area contributed by atoms with Crippen molar-refractivity contribution in [3.05, 3.63) is 60.5 Å². The number of nitrogens with one attached hydrogen (secondary N) is 1. The number of hydrogen-bond donors (Lipinski definition) is 1. The van der Waals surface area contributed by atoms with Crippen LogP contribution in [0.2, 0.25) is 0 Å². The normalized spacial score (nSPS) is 10.6. The molecule has 6 nitrogen and oxygen atoms in total. The third kappa shape index (κ3) is 3.69. The molecule has 0 bridgehead atoms. The summed E-state index contributed by atoms with van der Waals surface area (Å²) in [7, 11) is 3.98. The number of carbonyl (C=O) groups excluding carboxylic acids is 1. The molecule has 0 spiro atoms. The molecule has 0 aliphatic rings. The van der Waals surface area contributed by atoms with Crippen LogP contribution in [0.4, 0.5) is 5.69 Å². The minimum absolute atomic E-state index is 0.240. The average molecular weight is 351 g/mol. The van der Waals surface area contributed by atoms with Crippen molar-refractivity contribution in [2.75, 3.05) is 19.0 Å². The van der Waals surface area contributed by atoms with E-state index >= 15 is 0 Å². The minimum Gasteiger partial charge on any atom is -0.455 e. The largest absolute Gasteiger partial charge is 0.455 e. The number of nitrogens with zero attached hydrogens (tertiary/aromatic N) is 2. The number of anilines is 1. The van der Waals surface area contributed by atoms with E-state index in [1.807, 2.05) is 55.4 Å². The topological polar surface area (TPSA) is 67.6 Å². The van der Waals surface area contributed by atoms with Crippen LogP contribution in [0.5, 0.6) is 11.5 Å². The fraction of sp³-hybridized carbons (Fsp3) is 0.200. The monoisotopic (exact) mass is 351 g/mol. The van der Waals surface area contributed by atoms with E-state index in [2.05, 4.69) is 16.9 Å². The quantitative estimate of drug-likeness (QED) is 0.684. The van der Waals surface area contributed by atoms with Gasteiger partial charge in [0, 0.05) is 38.8 Å². The molecule has 3 aromatic rings. The maximum absolute atomic E-state index is 11.4. The second-order valence-electron chi connectivity index (χ2n) is 6.05. The first-order valence-corrected chi connectivity index (χ1v) is 8.22. The SMILES string of the molecule is C=CC(=O)NCc1ccc(Oc2ccc(N(C)C)cc2)c2nc(C)oc12. The summed E-state index contributed by atoms with van der Waals surface area (Å²) in [5.74, 6) is 1.62. The molecule has 3 rings (SSSR count). The molecule has 0 fully saturated rings. The van der Waals surface area contributed by atoms with Gasteiger partial charge in [0.25, 0.3) is 0 Å². The Bertz CT molecular complexity index is 943. The smallest absolute Gasteiger partial charge is 0.243 e. The fourth-order valence-electron chi connectivity index (χ4n) is 2.56. The van der Waals surface area contributed by atoms with Gasteiger partial charge in [-0.15, -0.1) is 0 Å². The number of benzene rings is 2. The molecule has 0 radical (unpaired) electrons. The highest BCUT2D eigenvalue weighted by Gasteiger charge is 2.15. The molecule has 0 atom stereocenters. The van der Waals surface area contributed by atoms with Gasteiger partial charge < -0.3 is 19.4 Å². The lowest BCUT2D eigenvalue weighted by Gasteiger charge is -2.13. The Morgan fingerprint density at radius 1 is 1.27 bits per heavy atom. The molecule has 6 heteroatoms. The lowest BCUT2D eigenvalue weighted by atomic mass is 10.1. The lowest BCUT2D eigenvalue weighted by Crippen LogP contribution is -2.19. The second-order valence-corrected chi connectivity index (χ2v) is 6.05. The van der Waals surface area contributed by atoms with Crippen LogP contribution in [0.3, 0.4) is 0 Å². The van der Waals surface area contributed by atoms with Crippen LogP contribution in [-0.2, 0) is 11.3 Å². The van der Waals surface area contributed by atoms with Gasteiger partial charge in [0.15, 0.2) is 22.7 Å². The highest BCUT2D eigenvalue weighted by Crippen LogP contribution is 2.32. The number of oxazole rings is 1. The van der Waals surface area contributed by atoms with Gasteiger partial charge in [-0.05, 0) is 42.5 Å². The van der Waals surface area contributed by atoms with Crippen molar-refractivity contribution < 1.29 is 13.9 Å². The second kappa shape index (κ2) is 7.31. The number of amides is 1. The number of aryl methyl sites for hydroxylation is 1. The first kappa shape index (κ1) is 17.5. The Morgan fingerprint density at radius 3 is 2.65 bits per heavy atom. The zero-order valence-corrected chi connectivity index (χ0v) is 15.1. The van der Waals surface area contributed by atoms with E-state index in [1.54, 1.807) is 6.92 Å². The van der Waals surface area contributed by atoms with E-state index in [9.17, 15) is 4.79 Å². The molecule has 1 aromatic heterocycles. The number of ether oxygens (including phenoxy) is 1. The van der Waals surface area contributed by atoms with Gasteiger partial charge in [0.2, 0.25) is 5.91 Å². The van der Waals surface area contributed by atoms with Crippen LogP contribution in [0, 0.1) is 6.92 Å². The number of rotatable bonds is 6. The van der Waals surface area contributed by atoms with Crippen molar-refractivity contribution in [2.24, 2.45) is 0 Å². The molecule has 0 unspecified atom stereocenters. The van der Waals surface area contributed by atoms with E-state index in [1.165, 1.54) is 6.08 Å². The van der Waals surface area contributed by atoms with Gasteiger partial charge in [0.05, 0.1) is 0 Å². The summed E-state index contributed by atoms with van der Waals surface area (Å²) >= 11 is 0. The molecule has 0 saturated carbocycles. The Balaban J connectivity index is 1.89. The maximum Gasteiger partial charge on any atom is 0.243 e. The lowest BCUT2D eigenvalue weighted by molar-refractivity contribution is -0.116. The number of fused-ring (bicyclic) bond motifs is 1. The van der Waals surface area contributed by atoms with Gasteiger partial charge in [-0.1, -0.05) is 6.58 Å². The zero-order valence-electron chi connectivity index (χ0n) is 15.1. The van der Waals surface area contributed by atoms with Crippen LogP contribution in [-0.4, -0.2) is 25.0 Å². The summed E-state index contributed by atoms with van der Waals surface area (Å²) in [5, 5.41) is 2.75. The van der Waals surface area contributed by atoms with Crippen molar-refractivity contribution in [1.82, 2.24) is 10.3 Å². The Morgan fingerprint density at radius 2 is 2.00 bits per heavy atom. The van der Waals surface area contributed by atoms with Crippen molar-refractivity contribution in [1.29, 1.82) is 0 Å². The van der Waals surface area contributed by atoms with Crippen molar-refractivity contribution >= 4 is 22.7 Å². The third-order valence-corrected chi connectivity index (χ3v) is 3.91. The summed E-state index contributed by atoms with van der Waals surface area (Å²) in [4.78, 5) is 17.9. The Hall–Kier alpha value is -3.28. The maximum atomic E-state index is 11.4. The predicted octanol–water partition coefficient (Wildman–Crippen LogP) is 3.80. The first-order chi connectivity index (χ1) is 12.5. The predicted molar refractivity (Wildman–Crippen MR) is 102 cm³/mol. The first-order valence-electron chi connectivity index (χ1n) is 8.22. The van der Waals surface area contributed by atoms with E-state index in [4.69, 9.17) is 9.15 Å². The van der Waals surface area contributed by atoms with Gasteiger partial charge >= 0.3 is 0 Å². The van der Waals surface area contributed by atoms with Crippen LogP contribution >= 0.6 is 0 Å². The van der Waals surface area contributed by atoms with Crippen LogP contribution in [0.25, 0.3) is 11.1 Å². The van der Waals surface area contributed by atoms with Gasteiger partial charge in [-0.3, -0.25) is 4.79 Å². The van der Waals surface area contributed by atoms with Crippen LogP contribution < -0.4 is 15.0 Å². The van der Waals surface area contributed by atoms with Gasteiger partial charge in [-0.25, -0.2) is 4.98 Å². The van der Waals surface area contributed by atoms with E-state index in [-0.39, 0.29) is 5.91 Å². The fourth-order valence-corrected chi connectivity index (χ4v) is 2.56. The van der Waals surface area contributed by atoms with E-state index in [0.717, 1.165) is 11.3 Å². The minimum atomic E-state index is -0.240. The number of carbonyl (C=O) groups is 1. The summed E-state index contributed by atoms with van der Waals surface area (Å²) < 4.78 is 11.7. The van der Waals surface area contributed by atoms with Crippen molar-refractivity contribution in [2.45, 2.75) is 13.5 Å². The molecular formula is C20H21N3O3. The van der Waals surface area contributed by atoms with Gasteiger partial charge in [-0.2, -0.15) is 0 Å². The molecular weight excluding hydrogens is 330 g/mol. The number of aromatic nitrogens is 1. The van der Waals surface area contributed by atoms with Crippen LogP contribution in [0.15, 0.2) is 53.5 Å². The van der Waals surface area contributed by atoms with Crippen LogP contribution in [0.1, 0.15) is 11.5 Å². The van der Waals surface area contributed by atoms with E-state index in [0.29, 0.717) is 35.0 Å². The summed E-state index contributed by atoms with van der Waals surface area (Å²) in [6, 6.07) is 11.5. The molecule has 134 valence electrons. The Kier molecular flexibility index (Phi) is 4.93. The summed E-state index contributed by atoms with van der Waals surface area (Å²) in [6.45, 7) is 5.55. The average Bonchev–Trinajstić information content (AvgIpc) is 3.03. The summed E-state index contributed by atoms with van der Waals surface area (Å²) in [6.07, 6.45) is 1.23. The summed E-state index contributed by atoms with van der Waals surface area (Å²) in [5.41, 5.74) is 3.15. The standard InChI is InChI=1S/C20H21N3O3/c1-5-18(24)21-12-14-6-11-17(19-20(14)25-13(2)22-19)26-16-9-7-15(8-10-16)23(3)4/h5-11H,1,12H2,2-4H3,(H,21,24). The highest BCUT2D eigenvalue weighted by molar-refractivity contribution is 5.88. The van der Waals surface area contributed by atoms with Gasteiger partial charge in [0.1, 0.15) is 5.75 Å². The third-order valence-electron chi connectivity index (χ3n) is 3.91. The van der Waals surface area contributed by atoms with Crippen molar-refractivity contribution in [3.8, 4) is 11.5 Å². The van der Waals surface area contributed by atoms with Crippen molar-refractivity contribution in [3.63, 3.8) is 0 Å². The molecule has 1 N–H and O–H groups in total. The number of hydrogen-bond acceptors (Lipinski definition) is 5. The van der Waals surface area contributed by atoms with E-state index < -0.39 is 0 Å². The molecule has 0 aliphatic heterocycles. The molecule has 2 aromatic carbocycles. The Labute approximate surface area is 152 Å². The molecule has 1 heterocycles. The molecule has 0 aliphatic carbocycles. The molecule has 26 heavy (non-hydrogen) atoms. The molecule has 0 saturated heterocycles.